The zero-order valence-corrected chi connectivity index (χ0v) is 10.4. The van der Waals surface area contributed by atoms with Gasteiger partial charge in [0.05, 0.1) is 12.2 Å². The van der Waals surface area contributed by atoms with Crippen LogP contribution in [0.25, 0.3) is 0 Å². The maximum absolute atomic E-state index is 9.96. The van der Waals surface area contributed by atoms with Crippen molar-refractivity contribution in [3.63, 3.8) is 0 Å². The lowest BCUT2D eigenvalue weighted by atomic mass is 9.86. The minimum atomic E-state index is -0.0586. The first-order valence-corrected chi connectivity index (χ1v) is 6.73. The van der Waals surface area contributed by atoms with Gasteiger partial charge in [-0.2, -0.15) is 0 Å². The molecule has 1 saturated heterocycles. The molecule has 2 fully saturated rings. The van der Waals surface area contributed by atoms with Crippen LogP contribution in [0.5, 0.6) is 0 Å². The quantitative estimate of drug-likeness (QED) is 0.795. The zero-order chi connectivity index (χ0) is 11.4. The van der Waals surface area contributed by atoms with Gasteiger partial charge in [0.2, 0.25) is 0 Å². The van der Waals surface area contributed by atoms with Gasteiger partial charge in [0.15, 0.2) is 0 Å². The number of hydrogen-bond donors (Lipinski definition) is 1. The van der Waals surface area contributed by atoms with Gasteiger partial charge in [-0.25, -0.2) is 0 Å². The number of hydrogen-bond acceptors (Lipinski definition) is 3. The van der Waals surface area contributed by atoms with Crippen molar-refractivity contribution in [2.45, 2.75) is 50.7 Å². The number of ether oxygens (including phenoxy) is 1. The van der Waals surface area contributed by atoms with Crippen LogP contribution in [0.2, 0.25) is 0 Å². The lowest BCUT2D eigenvalue weighted by Crippen LogP contribution is -2.44. The van der Waals surface area contributed by atoms with E-state index in [1.54, 1.807) is 0 Å². The van der Waals surface area contributed by atoms with Gasteiger partial charge in [-0.15, -0.1) is 0 Å². The first kappa shape index (κ1) is 12.3. The highest BCUT2D eigenvalue weighted by molar-refractivity contribution is 4.80. The molecular formula is C13H25NO2. The van der Waals surface area contributed by atoms with Crippen molar-refractivity contribution >= 4 is 0 Å². The minimum Gasteiger partial charge on any atom is -0.393 e. The molecule has 0 aromatic heterocycles. The molecule has 3 nitrogen and oxygen atoms in total. The molecule has 1 N–H and O–H groups in total. The lowest BCUT2D eigenvalue weighted by Gasteiger charge is -2.37. The fourth-order valence-corrected chi connectivity index (χ4v) is 3.10. The molecule has 94 valence electrons. The van der Waals surface area contributed by atoms with Crippen LogP contribution in [-0.2, 0) is 4.74 Å². The van der Waals surface area contributed by atoms with E-state index in [1.807, 2.05) is 7.11 Å². The molecule has 0 bridgehead atoms. The Kier molecular flexibility index (Phi) is 4.62. The van der Waals surface area contributed by atoms with Crippen LogP contribution in [0.3, 0.4) is 0 Å². The van der Waals surface area contributed by atoms with Gasteiger partial charge in [0, 0.05) is 20.2 Å². The molecule has 3 atom stereocenters. The normalized spacial score (nSPS) is 37.5. The smallest absolute Gasteiger partial charge is 0.0698 e. The molecule has 0 spiro atoms. The second-order valence-corrected chi connectivity index (χ2v) is 5.37. The van der Waals surface area contributed by atoms with E-state index in [-0.39, 0.29) is 6.10 Å². The fourth-order valence-electron chi connectivity index (χ4n) is 3.10. The molecule has 16 heavy (non-hydrogen) atoms. The van der Waals surface area contributed by atoms with Crippen molar-refractivity contribution in [1.82, 2.24) is 4.90 Å². The average Bonchev–Trinajstić information content (AvgIpc) is 2.32. The summed E-state index contributed by atoms with van der Waals surface area (Å²) in [6.07, 6.45) is 7.50. The van der Waals surface area contributed by atoms with Crippen LogP contribution in [0.15, 0.2) is 0 Å². The Bertz CT molecular complexity index is 210. The van der Waals surface area contributed by atoms with E-state index in [0.717, 1.165) is 19.5 Å². The summed E-state index contributed by atoms with van der Waals surface area (Å²) in [4.78, 5) is 2.48. The van der Waals surface area contributed by atoms with E-state index in [2.05, 4.69) is 4.90 Å². The van der Waals surface area contributed by atoms with E-state index in [9.17, 15) is 5.11 Å². The highest BCUT2D eigenvalue weighted by Crippen LogP contribution is 2.26. The standard InChI is InChI=1S/C13H25NO2/c1-16-12-6-4-8-14(10-12)9-11-5-2-3-7-13(11)15/h11-13,15H,2-10H2,1H3. The topological polar surface area (TPSA) is 32.7 Å². The molecule has 3 unspecified atom stereocenters. The summed E-state index contributed by atoms with van der Waals surface area (Å²) in [7, 11) is 1.81. The van der Waals surface area contributed by atoms with Gasteiger partial charge in [0.25, 0.3) is 0 Å². The number of likely N-dealkylation sites (tertiary alicyclic amines) is 1. The van der Waals surface area contributed by atoms with Gasteiger partial charge >= 0.3 is 0 Å². The van der Waals surface area contributed by atoms with Crippen molar-refractivity contribution in [3.8, 4) is 0 Å². The van der Waals surface area contributed by atoms with Gasteiger partial charge in [-0.05, 0) is 38.1 Å². The predicted octanol–water partition coefficient (Wildman–Crippen LogP) is 1.65. The minimum absolute atomic E-state index is 0.0586. The number of nitrogens with zero attached hydrogens (tertiary/aromatic N) is 1. The summed E-state index contributed by atoms with van der Waals surface area (Å²) in [5.41, 5.74) is 0. The van der Waals surface area contributed by atoms with Crippen LogP contribution < -0.4 is 0 Å². The zero-order valence-electron chi connectivity index (χ0n) is 10.4. The summed E-state index contributed by atoms with van der Waals surface area (Å²) in [5.74, 6) is 0.504. The highest BCUT2D eigenvalue weighted by atomic mass is 16.5. The third-order valence-corrected chi connectivity index (χ3v) is 4.16. The van der Waals surface area contributed by atoms with E-state index in [4.69, 9.17) is 4.74 Å². The van der Waals surface area contributed by atoms with Crippen LogP contribution in [0, 0.1) is 5.92 Å². The van der Waals surface area contributed by atoms with E-state index in [0.29, 0.717) is 12.0 Å². The van der Waals surface area contributed by atoms with Crippen LogP contribution >= 0.6 is 0 Å². The number of methoxy groups -OCH3 is 1. The summed E-state index contributed by atoms with van der Waals surface area (Å²) >= 11 is 0. The molecule has 3 heteroatoms. The Labute approximate surface area is 98.8 Å². The average molecular weight is 227 g/mol. The second-order valence-electron chi connectivity index (χ2n) is 5.37. The third kappa shape index (κ3) is 3.19. The second kappa shape index (κ2) is 5.99. The van der Waals surface area contributed by atoms with Gasteiger partial charge < -0.3 is 14.7 Å². The van der Waals surface area contributed by atoms with Crippen molar-refractivity contribution in [2.24, 2.45) is 5.92 Å². The maximum Gasteiger partial charge on any atom is 0.0698 e. The number of rotatable bonds is 3. The van der Waals surface area contributed by atoms with Crippen molar-refractivity contribution < 1.29 is 9.84 Å². The van der Waals surface area contributed by atoms with Crippen LogP contribution in [-0.4, -0.2) is 49.0 Å². The summed E-state index contributed by atoms with van der Waals surface area (Å²) in [5, 5.41) is 9.96. The summed E-state index contributed by atoms with van der Waals surface area (Å²) in [6, 6.07) is 0. The molecule has 2 rings (SSSR count). The highest BCUT2D eigenvalue weighted by Gasteiger charge is 2.27. The molecule has 1 heterocycles. The lowest BCUT2D eigenvalue weighted by molar-refractivity contribution is 0.00130. The van der Waals surface area contributed by atoms with Crippen molar-refractivity contribution in [2.75, 3.05) is 26.7 Å². The van der Waals surface area contributed by atoms with E-state index >= 15 is 0 Å². The Hall–Kier alpha value is -0.120. The molecule has 0 amide bonds. The van der Waals surface area contributed by atoms with E-state index < -0.39 is 0 Å². The molecule has 0 aromatic rings. The van der Waals surface area contributed by atoms with E-state index in [1.165, 1.54) is 38.6 Å². The van der Waals surface area contributed by atoms with Crippen LogP contribution in [0.1, 0.15) is 38.5 Å². The first-order valence-electron chi connectivity index (χ1n) is 6.73. The molecule has 1 saturated carbocycles. The molecule has 1 aliphatic carbocycles. The summed E-state index contributed by atoms with van der Waals surface area (Å²) < 4.78 is 5.43. The Morgan fingerprint density at radius 1 is 1.19 bits per heavy atom. The van der Waals surface area contributed by atoms with Gasteiger partial charge in [-0.3, -0.25) is 0 Å². The van der Waals surface area contributed by atoms with Crippen molar-refractivity contribution in [3.05, 3.63) is 0 Å². The molecule has 0 radical (unpaired) electrons. The predicted molar refractivity (Wildman–Crippen MR) is 64.4 cm³/mol. The Morgan fingerprint density at radius 2 is 2.00 bits per heavy atom. The molecule has 1 aliphatic heterocycles. The SMILES string of the molecule is COC1CCCN(CC2CCCCC2O)C1. The molecule has 0 aromatic carbocycles. The largest absolute Gasteiger partial charge is 0.393 e. The first-order chi connectivity index (χ1) is 7.79. The molecule has 2 aliphatic rings. The maximum atomic E-state index is 9.96. The monoisotopic (exact) mass is 227 g/mol. The number of piperidine rings is 1. The molecular weight excluding hydrogens is 202 g/mol. The fraction of sp³-hybridized carbons (Fsp3) is 1.00. The Morgan fingerprint density at radius 3 is 2.75 bits per heavy atom. The van der Waals surface area contributed by atoms with Gasteiger partial charge in [-0.1, -0.05) is 12.8 Å². The van der Waals surface area contributed by atoms with Crippen molar-refractivity contribution in [1.29, 1.82) is 0 Å². The third-order valence-electron chi connectivity index (χ3n) is 4.16. The van der Waals surface area contributed by atoms with Gasteiger partial charge in [0.1, 0.15) is 0 Å². The Balaban J connectivity index is 1.79. The van der Waals surface area contributed by atoms with Crippen LogP contribution in [0.4, 0.5) is 0 Å². The summed E-state index contributed by atoms with van der Waals surface area (Å²) in [6.45, 7) is 3.31. The number of aliphatic hydroxyl groups is 1. The number of aliphatic hydroxyl groups excluding tert-OH is 1.